The molecule has 4 aromatic heterocycles. The van der Waals surface area contributed by atoms with Gasteiger partial charge in [-0.2, -0.15) is 5.10 Å². The first-order chi connectivity index (χ1) is 22.1. The van der Waals surface area contributed by atoms with Crippen LogP contribution >= 0.6 is 11.3 Å². The molecule has 0 radical (unpaired) electrons. The summed E-state index contributed by atoms with van der Waals surface area (Å²) in [5, 5.41) is 7.00. The first kappa shape index (κ1) is 31.6. The molecule has 0 atom stereocenters. The van der Waals surface area contributed by atoms with Gasteiger partial charge in [0.15, 0.2) is 0 Å². The molecule has 6 aromatic rings. The third-order valence-electron chi connectivity index (χ3n) is 7.74. The van der Waals surface area contributed by atoms with Crippen LogP contribution in [0.3, 0.4) is 0 Å². The highest BCUT2D eigenvalue weighted by atomic mass is 32.1. The predicted octanol–water partition coefficient (Wildman–Crippen LogP) is 7.43. The van der Waals surface area contributed by atoms with E-state index in [1.165, 1.54) is 17.2 Å². The van der Waals surface area contributed by atoms with Crippen molar-refractivity contribution < 1.29 is 14.3 Å². The summed E-state index contributed by atoms with van der Waals surface area (Å²) in [4.78, 5) is 28.9. The topological polar surface area (TPSA) is 99.7 Å². The normalized spacial score (nSPS) is 12.2. The number of nitrogens with zero attached hydrogens (tertiary/aromatic N) is 7. The Morgan fingerprint density at radius 1 is 1.09 bits per heavy atom. The summed E-state index contributed by atoms with van der Waals surface area (Å²) in [6.07, 6.45) is 7.64. The van der Waals surface area contributed by atoms with Crippen LogP contribution in [0, 0.1) is 0 Å². The predicted molar refractivity (Wildman–Crippen MR) is 190 cm³/mol. The Labute approximate surface area is 273 Å². The lowest BCUT2D eigenvalue weighted by atomic mass is 10.0. The van der Waals surface area contributed by atoms with Crippen LogP contribution < -0.4 is 0 Å². The Balaban J connectivity index is 1.50. The molecule has 6 rings (SSSR count). The first-order valence-corrected chi connectivity index (χ1v) is 19.8. The molecule has 0 amide bonds. The highest BCUT2D eigenvalue weighted by Crippen LogP contribution is 2.41. The highest BCUT2D eigenvalue weighted by molar-refractivity contribution is 7.22. The van der Waals surface area contributed by atoms with E-state index < -0.39 is 8.07 Å². The minimum Gasteiger partial charge on any atom is -0.469 e. The summed E-state index contributed by atoms with van der Waals surface area (Å²) in [6.45, 7) is 8.61. The highest BCUT2D eigenvalue weighted by Gasteiger charge is 2.20. The summed E-state index contributed by atoms with van der Waals surface area (Å²) < 4.78 is 16.3. The smallest absolute Gasteiger partial charge is 0.307 e. The van der Waals surface area contributed by atoms with Crippen LogP contribution in [0.2, 0.25) is 25.7 Å². The van der Waals surface area contributed by atoms with E-state index in [9.17, 15) is 4.79 Å². The molecule has 0 aliphatic heterocycles. The minimum atomic E-state index is -1.21. The summed E-state index contributed by atoms with van der Waals surface area (Å²) in [6, 6.07) is 16.2. The van der Waals surface area contributed by atoms with E-state index in [1.807, 2.05) is 40.6 Å². The molecule has 12 heteroatoms. The number of rotatable bonds is 12. The van der Waals surface area contributed by atoms with E-state index in [1.54, 1.807) is 23.9 Å². The van der Waals surface area contributed by atoms with Gasteiger partial charge in [-0.05, 0) is 41.3 Å². The fourth-order valence-electron chi connectivity index (χ4n) is 5.32. The van der Waals surface area contributed by atoms with Gasteiger partial charge in [0.2, 0.25) is 0 Å². The Morgan fingerprint density at radius 3 is 2.67 bits per heavy atom. The summed E-state index contributed by atoms with van der Waals surface area (Å²) in [5.41, 5.74) is 5.60. The Kier molecular flexibility index (Phi) is 9.03. The first-order valence-electron chi connectivity index (χ1n) is 15.3. The van der Waals surface area contributed by atoms with Gasteiger partial charge in [0, 0.05) is 67.6 Å². The lowest BCUT2D eigenvalue weighted by molar-refractivity contribution is -0.140. The molecule has 4 heterocycles. The monoisotopic (exact) mass is 653 g/mol. The van der Waals surface area contributed by atoms with Crippen LogP contribution in [0.1, 0.15) is 6.42 Å². The molecule has 10 nitrogen and oxygen atoms in total. The second kappa shape index (κ2) is 13.1. The van der Waals surface area contributed by atoms with E-state index in [4.69, 9.17) is 19.6 Å². The summed E-state index contributed by atoms with van der Waals surface area (Å²) in [7, 11) is 4.00. The molecule has 2 aromatic carbocycles. The molecule has 0 aliphatic carbocycles. The second-order valence-corrected chi connectivity index (χ2v) is 19.5. The zero-order valence-electron chi connectivity index (χ0n) is 27.1. The maximum absolute atomic E-state index is 12.1. The van der Waals surface area contributed by atoms with Gasteiger partial charge >= 0.3 is 5.97 Å². The van der Waals surface area contributed by atoms with Gasteiger partial charge in [0.25, 0.3) is 5.95 Å². The van der Waals surface area contributed by atoms with Crippen molar-refractivity contribution in [2.75, 3.05) is 27.8 Å². The molecule has 0 aliphatic rings. The third kappa shape index (κ3) is 6.88. The summed E-state index contributed by atoms with van der Waals surface area (Å²) >= 11 is 1.76. The van der Waals surface area contributed by atoms with Crippen molar-refractivity contribution in [3.05, 3.63) is 61.1 Å². The third-order valence-corrected chi connectivity index (χ3v) is 10.6. The number of esters is 1. The SMILES string of the molecule is COC(=O)CCn1cc(-c2cc(-c3cc4ccccc4s3)c3c(cnn3COCC[Si](C)(C)C)c2)c2nc(/N=C/N(C)C)ncc21. The second-order valence-electron chi connectivity index (χ2n) is 12.8. The lowest BCUT2D eigenvalue weighted by Crippen LogP contribution is -2.22. The number of hydrogen-bond acceptors (Lipinski definition) is 8. The van der Waals surface area contributed by atoms with Crippen molar-refractivity contribution in [1.29, 1.82) is 0 Å². The molecule has 0 unspecified atom stereocenters. The molecule has 0 N–H and O–H groups in total. The zero-order chi connectivity index (χ0) is 32.4. The molecular formula is C34H39N7O3SSi. The number of carbonyl (C=O) groups is 1. The molecule has 0 bridgehead atoms. The number of ether oxygens (including phenoxy) is 2. The maximum Gasteiger partial charge on any atom is 0.307 e. The van der Waals surface area contributed by atoms with Crippen LogP contribution in [-0.2, 0) is 27.5 Å². The van der Waals surface area contributed by atoms with Crippen LogP contribution in [-0.4, -0.2) is 77.4 Å². The van der Waals surface area contributed by atoms with E-state index >= 15 is 0 Å². The average Bonchev–Trinajstić information content (AvgIpc) is 3.75. The quantitative estimate of drug-likeness (QED) is 0.0445. The van der Waals surface area contributed by atoms with Gasteiger partial charge in [-0.3, -0.25) is 4.79 Å². The van der Waals surface area contributed by atoms with Crippen LogP contribution in [0.5, 0.6) is 0 Å². The molecule has 0 spiro atoms. The largest absolute Gasteiger partial charge is 0.469 e. The van der Waals surface area contributed by atoms with E-state index in [2.05, 4.69) is 72.1 Å². The number of aliphatic imine (C=N–C) groups is 1. The molecule has 46 heavy (non-hydrogen) atoms. The van der Waals surface area contributed by atoms with Crippen molar-refractivity contribution in [2.24, 2.45) is 4.99 Å². The van der Waals surface area contributed by atoms with Gasteiger partial charge in [0.1, 0.15) is 12.2 Å². The van der Waals surface area contributed by atoms with Gasteiger partial charge < -0.3 is 18.9 Å². The number of benzene rings is 2. The number of hydrogen-bond donors (Lipinski definition) is 0. The van der Waals surface area contributed by atoms with Crippen LogP contribution in [0.4, 0.5) is 5.95 Å². The van der Waals surface area contributed by atoms with Gasteiger partial charge in [0.05, 0.1) is 43.3 Å². The summed E-state index contributed by atoms with van der Waals surface area (Å²) in [5.74, 6) is 0.0896. The van der Waals surface area contributed by atoms with E-state index in [0.29, 0.717) is 19.2 Å². The van der Waals surface area contributed by atoms with Crippen LogP contribution in [0.15, 0.2) is 66.0 Å². The fraction of sp³-hybridized carbons (Fsp3) is 0.324. The van der Waals surface area contributed by atoms with E-state index in [0.717, 1.165) is 56.2 Å². The Bertz CT molecular complexity index is 2020. The molecule has 238 valence electrons. The average molecular weight is 654 g/mol. The number of aryl methyl sites for hydroxylation is 1. The minimum absolute atomic E-state index is 0.233. The fourth-order valence-corrected chi connectivity index (χ4v) is 7.16. The van der Waals surface area contributed by atoms with Gasteiger partial charge in [-0.25, -0.2) is 19.6 Å². The van der Waals surface area contributed by atoms with Crippen molar-refractivity contribution >= 4 is 69.7 Å². The standard InChI is InChI=1S/C34H39N7O3SSi/c1-39(2)21-36-34-35-19-28-32(38-34)27(20-40(28)12-11-31(42)43-3)24-15-25-18-37-41(22-44-13-14-46(4,5)6)33(25)26(16-24)30-17-23-9-7-8-10-29(23)45-30/h7-10,15-21H,11-14,22H2,1-6H3/b36-21+. The molecular weight excluding hydrogens is 615 g/mol. The lowest BCUT2D eigenvalue weighted by Gasteiger charge is -2.16. The molecule has 0 fully saturated rings. The number of methoxy groups -OCH3 is 1. The number of carbonyl (C=O) groups excluding carboxylic acids is 1. The Hall–Kier alpha value is -4.39. The Morgan fingerprint density at radius 2 is 1.91 bits per heavy atom. The van der Waals surface area contributed by atoms with Gasteiger partial charge in [-0.15, -0.1) is 11.3 Å². The van der Waals surface area contributed by atoms with Crippen molar-refractivity contribution in [1.82, 2.24) is 29.2 Å². The number of aromatic nitrogens is 5. The van der Waals surface area contributed by atoms with Gasteiger partial charge in [-0.1, -0.05) is 37.8 Å². The van der Waals surface area contributed by atoms with Crippen LogP contribution in [0.25, 0.3) is 53.6 Å². The van der Waals surface area contributed by atoms with Crippen molar-refractivity contribution in [2.45, 2.75) is 45.4 Å². The molecule has 0 saturated heterocycles. The van der Waals surface area contributed by atoms with E-state index in [-0.39, 0.29) is 12.4 Å². The van der Waals surface area contributed by atoms with Crippen molar-refractivity contribution in [3.8, 4) is 21.6 Å². The molecule has 0 saturated carbocycles. The van der Waals surface area contributed by atoms with Crippen molar-refractivity contribution in [3.63, 3.8) is 0 Å². The number of thiophene rings is 1. The maximum atomic E-state index is 12.1. The number of fused-ring (bicyclic) bond motifs is 3. The zero-order valence-corrected chi connectivity index (χ0v) is 29.0.